The molecular formula is C9H5BrCl2FN3S. The van der Waals surface area contributed by atoms with E-state index in [0.717, 1.165) is 5.75 Å². The number of nitrogens with zero attached hydrogens (tertiary/aromatic N) is 3. The summed E-state index contributed by atoms with van der Waals surface area (Å²) in [5.41, 5.74) is 0.0767. The van der Waals surface area contributed by atoms with Gasteiger partial charge < -0.3 is 0 Å². The third kappa shape index (κ3) is 2.50. The Morgan fingerprint density at radius 2 is 1.94 bits per heavy atom. The van der Waals surface area contributed by atoms with Gasteiger partial charge in [-0.3, -0.25) is 0 Å². The molecule has 0 spiro atoms. The van der Waals surface area contributed by atoms with Gasteiger partial charge in [0.15, 0.2) is 16.1 Å². The van der Waals surface area contributed by atoms with E-state index in [0.29, 0.717) is 15.1 Å². The van der Waals surface area contributed by atoms with Crippen molar-refractivity contribution in [1.29, 1.82) is 0 Å². The van der Waals surface area contributed by atoms with Crippen LogP contribution < -0.4 is 0 Å². The summed E-state index contributed by atoms with van der Waals surface area (Å²) in [4.78, 5) is 11.9. The maximum Gasteiger partial charge on any atom is 0.189 e. The predicted octanol–water partition coefficient (Wildman–Crippen LogP) is 4.35. The van der Waals surface area contributed by atoms with Crippen LogP contribution in [0.3, 0.4) is 0 Å². The zero-order valence-electron chi connectivity index (χ0n) is 8.47. The molecule has 0 aliphatic carbocycles. The molecule has 8 heteroatoms. The molecule has 0 aromatic carbocycles. The second-order valence-corrected chi connectivity index (χ2v) is 5.66. The minimum atomic E-state index is -0.688. The molecule has 0 saturated carbocycles. The lowest BCUT2D eigenvalue weighted by Crippen LogP contribution is -1.96. The van der Waals surface area contributed by atoms with Crippen LogP contribution >= 0.6 is 50.9 Å². The topological polar surface area (TPSA) is 38.7 Å². The predicted molar refractivity (Wildman–Crippen MR) is 71.4 cm³/mol. The molecule has 0 bridgehead atoms. The Labute approximate surface area is 119 Å². The molecule has 2 aromatic rings. The van der Waals surface area contributed by atoms with Gasteiger partial charge >= 0.3 is 0 Å². The summed E-state index contributed by atoms with van der Waals surface area (Å²) in [6.07, 6.45) is 0. The van der Waals surface area contributed by atoms with Gasteiger partial charge in [-0.05, 0) is 21.7 Å². The fourth-order valence-corrected chi connectivity index (χ4v) is 3.06. The molecule has 0 aliphatic heterocycles. The number of halogens is 4. The highest BCUT2D eigenvalue weighted by Gasteiger charge is 2.17. The molecule has 0 N–H and O–H groups in total. The first kappa shape index (κ1) is 13.3. The summed E-state index contributed by atoms with van der Waals surface area (Å²) in [5, 5.41) is 0.652. The SMILES string of the molecule is CCSc1nc(Cl)c2c(Br)nc(Cl)c(F)c2n1. The van der Waals surface area contributed by atoms with Gasteiger partial charge in [-0.1, -0.05) is 41.9 Å². The Morgan fingerprint density at radius 1 is 1.24 bits per heavy atom. The minimum absolute atomic E-state index is 0.0767. The van der Waals surface area contributed by atoms with Crippen molar-refractivity contribution in [3.8, 4) is 0 Å². The van der Waals surface area contributed by atoms with Gasteiger partial charge in [-0.2, -0.15) is 0 Å². The lowest BCUT2D eigenvalue weighted by Gasteiger charge is -2.06. The molecular weight excluding hydrogens is 352 g/mol. The molecule has 0 saturated heterocycles. The van der Waals surface area contributed by atoms with Gasteiger partial charge in [0.25, 0.3) is 0 Å². The monoisotopic (exact) mass is 355 g/mol. The Kier molecular flexibility index (Phi) is 4.07. The quantitative estimate of drug-likeness (QED) is 0.347. The van der Waals surface area contributed by atoms with Gasteiger partial charge in [0, 0.05) is 0 Å². The Hall–Kier alpha value is -0.170. The molecule has 0 aliphatic rings. The summed E-state index contributed by atoms with van der Waals surface area (Å²) in [6, 6.07) is 0. The van der Waals surface area contributed by atoms with Crippen molar-refractivity contribution in [3.05, 3.63) is 20.7 Å². The second kappa shape index (κ2) is 5.22. The number of aromatic nitrogens is 3. The van der Waals surface area contributed by atoms with Crippen LogP contribution in [0.1, 0.15) is 6.92 Å². The van der Waals surface area contributed by atoms with E-state index >= 15 is 0 Å². The van der Waals surface area contributed by atoms with Gasteiger partial charge in [-0.15, -0.1) is 0 Å². The normalized spacial score (nSPS) is 11.1. The van der Waals surface area contributed by atoms with E-state index in [1.807, 2.05) is 6.92 Å². The highest BCUT2D eigenvalue weighted by atomic mass is 79.9. The van der Waals surface area contributed by atoms with E-state index in [9.17, 15) is 4.39 Å². The van der Waals surface area contributed by atoms with E-state index in [2.05, 4.69) is 30.9 Å². The van der Waals surface area contributed by atoms with Gasteiger partial charge in [0.05, 0.1) is 5.39 Å². The average Bonchev–Trinajstić information content (AvgIpc) is 2.25. The molecule has 0 unspecified atom stereocenters. The first-order valence-electron chi connectivity index (χ1n) is 4.55. The van der Waals surface area contributed by atoms with Gasteiger partial charge in [0.2, 0.25) is 0 Å². The van der Waals surface area contributed by atoms with E-state index in [1.54, 1.807) is 0 Å². The number of pyridine rings is 1. The summed E-state index contributed by atoms with van der Waals surface area (Å²) >= 11 is 16.2. The maximum absolute atomic E-state index is 13.8. The molecule has 90 valence electrons. The molecule has 0 atom stereocenters. The highest BCUT2D eigenvalue weighted by Crippen LogP contribution is 2.33. The number of hydrogen-bond acceptors (Lipinski definition) is 4. The van der Waals surface area contributed by atoms with Gasteiger partial charge in [0.1, 0.15) is 15.3 Å². The van der Waals surface area contributed by atoms with Crippen LogP contribution in [0.25, 0.3) is 10.9 Å². The molecule has 2 heterocycles. The summed E-state index contributed by atoms with van der Waals surface area (Å²) in [7, 11) is 0. The van der Waals surface area contributed by atoms with Crippen molar-refractivity contribution in [2.45, 2.75) is 12.1 Å². The number of hydrogen-bond donors (Lipinski definition) is 0. The van der Waals surface area contributed by atoms with Crippen molar-refractivity contribution in [2.24, 2.45) is 0 Å². The van der Waals surface area contributed by atoms with E-state index in [1.165, 1.54) is 11.8 Å². The zero-order chi connectivity index (χ0) is 12.6. The lowest BCUT2D eigenvalue weighted by atomic mass is 10.3. The van der Waals surface area contributed by atoms with Crippen molar-refractivity contribution in [1.82, 2.24) is 15.0 Å². The lowest BCUT2D eigenvalue weighted by molar-refractivity contribution is 0.629. The van der Waals surface area contributed by atoms with Crippen LogP contribution in [0, 0.1) is 5.82 Å². The number of rotatable bonds is 2. The number of fused-ring (bicyclic) bond motifs is 1. The summed E-state index contributed by atoms with van der Waals surface area (Å²) in [5.74, 6) is 0.0794. The Bertz CT molecular complexity index is 596. The molecule has 0 amide bonds. The Balaban J connectivity index is 2.81. The first-order valence-corrected chi connectivity index (χ1v) is 7.08. The highest BCUT2D eigenvalue weighted by molar-refractivity contribution is 9.10. The largest absolute Gasteiger partial charge is 0.225 e. The molecule has 0 fully saturated rings. The standard InChI is InChI=1S/C9H5BrCl2FN3S/c1-2-17-9-14-5-3(7(11)16-9)6(10)15-8(12)4(5)13/h2H2,1H3. The molecule has 2 aromatic heterocycles. The third-order valence-corrected chi connectivity index (χ3v) is 3.74. The van der Waals surface area contributed by atoms with Crippen molar-refractivity contribution in [2.75, 3.05) is 5.75 Å². The van der Waals surface area contributed by atoms with Crippen molar-refractivity contribution >= 4 is 61.8 Å². The molecule has 17 heavy (non-hydrogen) atoms. The van der Waals surface area contributed by atoms with Crippen LogP contribution in [0.2, 0.25) is 10.3 Å². The summed E-state index contributed by atoms with van der Waals surface area (Å²) < 4.78 is 14.1. The molecule has 3 nitrogen and oxygen atoms in total. The van der Waals surface area contributed by atoms with Crippen LogP contribution in [0.5, 0.6) is 0 Å². The van der Waals surface area contributed by atoms with E-state index in [4.69, 9.17) is 23.2 Å². The average molecular weight is 357 g/mol. The zero-order valence-corrected chi connectivity index (χ0v) is 12.4. The van der Waals surface area contributed by atoms with E-state index < -0.39 is 5.82 Å². The Morgan fingerprint density at radius 3 is 2.59 bits per heavy atom. The maximum atomic E-state index is 13.8. The van der Waals surface area contributed by atoms with Crippen LogP contribution in [-0.2, 0) is 0 Å². The van der Waals surface area contributed by atoms with Crippen molar-refractivity contribution in [3.63, 3.8) is 0 Å². The second-order valence-electron chi connectivity index (χ2n) is 2.96. The molecule has 2 rings (SSSR count). The van der Waals surface area contributed by atoms with Crippen LogP contribution in [0.4, 0.5) is 4.39 Å². The summed E-state index contributed by atoms with van der Waals surface area (Å²) in [6.45, 7) is 1.94. The van der Waals surface area contributed by atoms with Crippen LogP contribution in [-0.4, -0.2) is 20.7 Å². The molecule has 0 radical (unpaired) electrons. The van der Waals surface area contributed by atoms with Crippen molar-refractivity contribution < 1.29 is 4.39 Å². The number of thioether (sulfide) groups is 1. The third-order valence-electron chi connectivity index (χ3n) is 1.91. The first-order chi connectivity index (χ1) is 8.04. The smallest absolute Gasteiger partial charge is 0.189 e. The fourth-order valence-electron chi connectivity index (χ4n) is 1.24. The van der Waals surface area contributed by atoms with Crippen LogP contribution in [0.15, 0.2) is 9.76 Å². The fraction of sp³-hybridized carbons (Fsp3) is 0.222. The van der Waals surface area contributed by atoms with E-state index in [-0.39, 0.29) is 15.8 Å². The minimum Gasteiger partial charge on any atom is -0.225 e. The van der Waals surface area contributed by atoms with Gasteiger partial charge in [-0.25, -0.2) is 19.3 Å².